The van der Waals surface area contributed by atoms with Gasteiger partial charge in [0.2, 0.25) is 10.0 Å². The van der Waals surface area contributed by atoms with E-state index in [2.05, 4.69) is 19.8 Å². The van der Waals surface area contributed by atoms with E-state index in [9.17, 15) is 13.2 Å². The highest BCUT2D eigenvalue weighted by atomic mass is 32.2. The first kappa shape index (κ1) is 21.9. The Hall–Kier alpha value is -2.28. The average Bonchev–Trinajstić information content (AvgIpc) is 3.30. The molecule has 0 amide bonds. The maximum absolute atomic E-state index is 13.1. The number of aryl methyl sites for hydroxylation is 1. The fourth-order valence-electron chi connectivity index (χ4n) is 3.69. The molecule has 0 saturated carbocycles. The number of thiophene rings is 1. The number of aromatic nitrogens is 2. The van der Waals surface area contributed by atoms with Gasteiger partial charge in [-0.15, -0.1) is 11.3 Å². The highest BCUT2D eigenvalue weighted by Crippen LogP contribution is 2.28. The molecule has 0 radical (unpaired) electrons. The number of rotatable bonds is 5. The standard InChI is InChI=1S/C19H25N5O5S2/c1-14-20-16(13-17(21-14)23-8-10-29-11-9-23)22-4-6-24(7-5-22)31(26,27)15-3-12-30-18(15)19(25)28-2/h3,12-13H,4-11H2,1-2H3. The van der Waals surface area contributed by atoms with Crippen molar-refractivity contribution in [2.24, 2.45) is 0 Å². The zero-order valence-electron chi connectivity index (χ0n) is 17.5. The molecule has 10 nitrogen and oxygen atoms in total. The molecule has 31 heavy (non-hydrogen) atoms. The lowest BCUT2D eigenvalue weighted by Crippen LogP contribution is -2.49. The maximum atomic E-state index is 13.1. The van der Waals surface area contributed by atoms with Crippen LogP contribution in [0.5, 0.6) is 0 Å². The van der Waals surface area contributed by atoms with Crippen LogP contribution in [-0.2, 0) is 19.5 Å². The molecule has 0 bridgehead atoms. The Morgan fingerprint density at radius 3 is 2.29 bits per heavy atom. The Balaban J connectivity index is 1.48. The number of sulfonamides is 1. The van der Waals surface area contributed by atoms with Crippen LogP contribution >= 0.6 is 11.3 Å². The molecule has 2 aromatic rings. The Bertz CT molecular complexity index is 1040. The Kier molecular flexibility index (Phi) is 6.42. The topological polar surface area (TPSA) is 105 Å². The van der Waals surface area contributed by atoms with Gasteiger partial charge in [0.25, 0.3) is 0 Å². The van der Waals surface area contributed by atoms with Crippen molar-refractivity contribution in [3.63, 3.8) is 0 Å². The molecule has 0 atom stereocenters. The van der Waals surface area contributed by atoms with Crippen molar-refractivity contribution in [2.75, 3.05) is 69.4 Å². The number of methoxy groups -OCH3 is 1. The number of hydrogen-bond donors (Lipinski definition) is 0. The van der Waals surface area contributed by atoms with Gasteiger partial charge in [-0.25, -0.2) is 23.2 Å². The van der Waals surface area contributed by atoms with Gasteiger partial charge in [-0.3, -0.25) is 0 Å². The fourth-order valence-corrected chi connectivity index (χ4v) is 6.42. The number of piperazine rings is 1. The molecule has 0 aliphatic carbocycles. The lowest BCUT2D eigenvalue weighted by atomic mass is 10.3. The van der Waals surface area contributed by atoms with E-state index in [4.69, 9.17) is 9.47 Å². The van der Waals surface area contributed by atoms with Gasteiger partial charge in [-0.2, -0.15) is 4.31 Å². The molecular weight excluding hydrogens is 442 g/mol. The van der Waals surface area contributed by atoms with Crippen LogP contribution in [0.15, 0.2) is 22.4 Å². The van der Waals surface area contributed by atoms with Crippen LogP contribution in [0.4, 0.5) is 11.6 Å². The summed E-state index contributed by atoms with van der Waals surface area (Å²) in [4.78, 5) is 25.4. The molecule has 4 heterocycles. The minimum Gasteiger partial charge on any atom is -0.465 e. The maximum Gasteiger partial charge on any atom is 0.349 e. The SMILES string of the molecule is COC(=O)c1sccc1S(=O)(=O)N1CCN(c2cc(N3CCOCC3)nc(C)n2)CC1. The number of esters is 1. The van der Waals surface area contributed by atoms with Crippen LogP contribution in [0, 0.1) is 6.92 Å². The summed E-state index contributed by atoms with van der Waals surface area (Å²) in [5, 5.41) is 1.59. The van der Waals surface area contributed by atoms with Crippen LogP contribution in [0.1, 0.15) is 15.5 Å². The summed E-state index contributed by atoms with van der Waals surface area (Å²) in [6.45, 7) is 6.36. The second-order valence-corrected chi connectivity index (χ2v) is 10.1. The summed E-state index contributed by atoms with van der Waals surface area (Å²) < 4.78 is 37.8. The normalized spacial score (nSPS) is 18.3. The molecule has 0 aromatic carbocycles. The number of carbonyl (C=O) groups is 1. The molecular formula is C19H25N5O5S2. The lowest BCUT2D eigenvalue weighted by molar-refractivity contribution is 0.0602. The molecule has 0 spiro atoms. The van der Waals surface area contributed by atoms with Gasteiger partial charge in [-0.05, 0) is 18.4 Å². The van der Waals surface area contributed by atoms with Crippen molar-refractivity contribution in [3.05, 3.63) is 28.2 Å². The van der Waals surface area contributed by atoms with Crippen molar-refractivity contribution >= 4 is 39.0 Å². The van der Waals surface area contributed by atoms with Crippen LogP contribution in [-0.4, -0.2) is 88.3 Å². The Labute approximate surface area is 185 Å². The predicted octanol–water partition coefficient (Wildman–Crippen LogP) is 0.981. The first-order valence-corrected chi connectivity index (χ1v) is 12.3. The molecule has 2 aliphatic rings. The Morgan fingerprint density at radius 2 is 1.68 bits per heavy atom. The highest BCUT2D eigenvalue weighted by molar-refractivity contribution is 7.89. The van der Waals surface area contributed by atoms with E-state index in [0.29, 0.717) is 45.2 Å². The van der Waals surface area contributed by atoms with Crippen molar-refractivity contribution < 1.29 is 22.7 Å². The monoisotopic (exact) mass is 467 g/mol. The first-order valence-electron chi connectivity index (χ1n) is 9.99. The van der Waals surface area contributed by atoms with E-state index in [1.54, 1.807) is 5.38 Å². The van der Waals surface area contributed by atoms with Gasteiger partial charge in [-0.1, -0.05) is 0 Å². The van der Waals surface area contributed by atoms with Gasteiger partial charge >= 0.3 is 5.97 Å². The molecule has 2 aliphatic heterocycles. The Morgan fingerprint density at radius 1 is 1.06 bits per heavy atom. The first-order chi connectivity index (χ1) is 14.9. The summed E-state index contributed by atoms with van der Waals surface area (Å²) in [6.07, 6.45) is 0. The molecule has 2 aromatic heterocycles. The number of morpholine rings is 1. The lowest BCUT2D eigenvalue weighted by Gasteiger charge is -2.35. The summed E-state index contributed by atoms with van der Waals surface area (Å²) in [5.41, 5.74) is 0. The number of carbonyl (C=O) groups excluding carboxylic acids is 1. The zero-order chi connectivity index (χ0) is 22.0. The third-order valence-electron chi connectivity index (χ3n) is 5.33. The van der Waals surface area contributed by atoms with Crippen LogP contribution in [0.25, 0.3) is 0 Å². The van der Waals surface area contributed by atoms with Crippen molar-refractivity contribution in [1.29, 1.82) is 0 Å². The molecule has 0 unspecified atom stereocenters. The number of ether oxygens (including phenoxy) is 2. The van der Waals surface area contributed by atoms with Crippen LogP contribution in [0.3, 0.4) is 0 Å². The van der Waals surface area contributed by atoms with E-state index < -0.39 is 16.0 Å². The highest BCUT2D eigenvalue weighted by Gasteiger charge is 2.33. The molecule has 2 fully saturated rings. The predicted molar refractivity (Wildman–Crippen MR) is 116 cm³/mol. The molecule has 0 N–H and O–H groups in total. The van der Waals surface area contributed by atoms with Gasteiger partial charge in [0.15, 0.2) is 0 Å². The van der Waals surface area contributed by atoms with Crippen molar-refractivity contribution in [2.45, 2.75) is 11.8 Å². The van der Waals surface area contributed by atoms with Crippen LogP contribution in [0.2, 0.25) is 0 Å². The molecule has 12 heteroatoms. The van der Waals surface area contributed by atoms with E-state index in [0.717, 1.165) is 36.1 Å². The molecule has 168 valence electrons. The third-order valence-corrected chi connectivity index (χ3v) is 8.29. The third kappa shape index (κ3) is 4.52. The quantitative estimate of drug-likeness (QED) is 0.595. The second-order valence-electron chi connectivity index (χ2n) is 7.23. The largest absolute Gasteiger partial charge is 0.465 e. The van der Waals surface area contributed by atoms with E-state index in [1.165, 1.54) is 17.5 Å². The summed E-state index contributed by atoms with van der Waals surface area (Å²) >= 11 is 1.07. The van der Waals surface area contributed by atoms with Gasteiger partial charge in [0, 0.05) is 45.3 Å². The van der Waals surface area contributed by atoms with Gasteiger partial charge in [0.1, 0.15) is 27.2 Å². The van der Waals surface area contributed by atoms with Gasteiger partial charge in [0.05, 0.1) is 20.3 Å². The van der Waals surface area contributed by atoms with Crippen molar-refractivity contribution in [1.82, 2.24) is 14.3 Å². The second kappa shape index (κ2) is 9.07. The van der Waals surface area contributed by atoms with E-state index in [1.807, 2.05) is 13.0 Å². The summed E-state index contributed by atoms with van der Waals surface area (Å²) in [7, 11) is -2.54. The zero-order valence-corrected chi connectivity index (χ0v) is 19.1. The molecule has 2 saturated heterocycles. The van der Waals surface area contributed by atoms with Crippen molar-refractivity contribution in [3.8, 4) is 0 Å². The molecule has 4 rings (SSSR count). The van der Waals surface area contributed by atoms with E-state index in [-0.39, 0.29) is 9.77 Å². The smallest absolute Gasteiger partial charge is 0.349 e. The van der Waals surface area contributed by atoms with Gasteiger partial charge < -0.3 is 19.3 Å². The average molecular weight is 468 g/mol. The number of hydrogen-bond acceptors (Lipinski definition) is 10. The van der Waals surface area contributed by atoms with Crippen LogP contribution < -0.4 is 9.80 Å². The minimum atomic E-state index is -3.78. The van der Waals surface area contributed by atoms with E-state index >= 15 is 0 Å². The summed E-state index contributed by atoms with van der Waals surface area (Å²) in [6, 6.07) is 3.41. The minimum absolute atomic E-state index is 0.00489. The fraction of sp³-hybridized carbons (Fsp3) is 0.526. The summed E-state index contributed by atoms with van der Waals surface area (Å²) in [5.74, 6) is 1.69. The number of anilines is 2. The number of nitrogens with zero attached hydrogens (tertiary/aromatic N) is 5.